The molecule has 0 radical (unpaired) electrons. The van der Waals surface area contributed by atoms with E-state index in [1.165, 1.54) is 0 Å². The molecule has 0 saturated carbocycles. The third kappa shape index (κ3) is 6.74. The molecule has 1 atom stereocenters. The number of hydrogen-bond acceptors (Lipinski definition) is 5. The lowest BCUT2D eigenvalue weighted by Crippen LogP contribution is -2.41. The van der Waals surface area contributed by atoms with Gasteiger partial charge in [0, 0.05) is 18.3 Å². The van der Waals surface area contributed by atoms with E-state index in [1.54, 1.807) is 48.5 Å². The fourth-order valence-electron chi connectivity index (χ4n) is 3.51. The third-order valence-corrected chi connectivity index (χ3v) is 5.37. The van der Waals surface area contributed by atoms with Crippen LogP contribution in [0.4, 0.5) is 0 Å². The Labute approximate surface area is 180 Å². The van der Waals surface area contributed by atoms with Gasteiger partial charge in [-0.05, 0) is 54.7 Å². The molecule has 0 aliphatic heterocycles. The summed E-state index contributed by atoms with van der Waals surface area (Å²) in [5.41, 5.74) is 1.32. The molecule has 2 rings (SSSR count). The first kappa shape index (κ1) is 23.7. The summed E-state index contributed by atoms with van der Waals surface area (Å²) in [7, 11) is 0. The van der Waals surface area contributed by atoms with Gasteiger partial charge in [-0.3, -0.25) is 9.59 Å². The zero-order chi connectivity index (χ0) is 23.0. The SMILES string of the molecule is CC(CCCC(=O)N[C@@H](CCC(=O)O)C(=O)O)(c1ccc(O)cc1)c1ccc(O)cc1. The number of carbonyl (C=O) groups excluding carboxylic acids is 1. The average Bonchev–Trinajstić information content (AvgIpc) is 2.71. The minimum atomic E-state index is -1.27. The molecular weight excluding hydrogens is 402 g/mol. The molecule has 1 amide bonds. The van der Waals surface area contributed by atoms with Crippen LogP contribution >= 0.6 is 0 Å². The number of carboxylic acids is 2. The molecule has 0 spiro atoms. The van der Waals surface area contributed by atoms with Crippen molar-refractivity contribution in [1.29, 1.82) is 0 Å². The quantitative estimate of drug-likeness (QED) is 0.369. The number of benzene rings is 2. The normalized spacial score (nSPS) is 12.2. The molecule has 0 unspecified atom stereocenters. The van der Waals surface area contributed by atoms with Gasteiger partial charge < -0.3 is 25.7 Å². The molecule has 0 aromatic heterocycles. The molecule has 0 saturated heterocycles. The van der Waals surface area contributed by atoms with Crippen LogP contribution in [0.2, 0.25) is 0 Å². The van der Waals surface area contributed by atoms with Gasteiger partial charge in [0.25, 0.3) is 0 Å². The van der Waals surface area contributed by atoms with E-state index >= 15 is 0 Å². The Bertz CT molecular complexity index is 861. The van der Waals surface area contributed by atoms with Gasteiger partial charge in [0.2, 0.25) is 5.91 Å². The number of carboxylic acid groups (broad SMARTS) is 2. The lowest BCUT2D eigenvalue weighted by Gasteiger charge is -2.31. The van der Waals surface area contributed by atoms with Gasteiger partial charge in [-0.15, -0.1) is 0 Å². The molecule has 5 N–H and O–H groups in total. The van der Waals surface area contributed by atoms with Crippen LogP contribution in [0.5, 0.6) is 11.5 Å². The molecule has 0 aliphatic carbocycles. The molecule has 2 aromatic carbocycles. The van der Waals surface area contributed by atoms with Crippen LogP contribution in [0, 0.1) is 0 Å². The van der Waals surface area contributed by atoms with Gasteiger partial charge in [-0.1, -0.05) is 31.2 Å². The molecule has 0 heterocycles. The van der Waals surface area contributed by atoms with E-state index in [1.807, 2.05) is 6.92 Å². The summed E-state index contributed by atoms with van der Waals surface area (Å²) >= 11 is 0. The van der Waals surface area contributed by atoms with E-state index in [-0.39, 0.29) is 30.8 Å². The average molecular weight is 429 g/mol. The predicted octanol–water partition coefficient (Wildman–Crippen LogP) is 3.01. The largest absolute Gasteiger partial charge is 0.508 e. The molecule has 0 bridgehead atoms. The maximum Gasteiger partial charge on any atom is 0.326 e. The highest BCUT2D eigenvalue weighted by molar-refractivity contribution is 5.83. The highest BCUT2D eigenvalue weighted by atomic mass is 16.4. The predicted molar refractivity (Wildman–Crippen MR) is 113 cm³/mol. The Morgan fingerprint density at radius 2 is 1.35 bits per heavy atom. The van der Waals surface area contributed by atoms with E-state index < -0.39 is 29.3 Å². The Morgan fingerprint density at radius 3 is 1.77 bits per heavy atom. The monoisotopic (exact) mass is 429 g/mol. The number of aromatic hydroxyl groups is 2. The van der Waals surface area contributed by atoms with Gasteiger partial charge in [0.15, 0.2) is 0 Å². The van der Waals surface area contributed by atoms with Crippen molar-refractivity contribution in [3.63, 3.8) is 0 Å². The summed E-state index contributed by atoms with van der Waals surface area (Å²) in [6, 6.07) is 12.3. The Kier molecular flexibility index (Phi) is 8.01. The second-order valence-corrected chi connectivity index (χ2v) is 7.67. The van der Waals surface area contributed by atoms with Crippen LogP contribution in [-0.4, -0.2) is 44.3 Å². The van der Waals surface area contributed by atoms with Gasteiger partial charge in [-0.2, -0.15) is 0 Å². The van der Waals surface area contributed by atoms with E-state index in [0.29, 0.717) is 12.8 Å². The van der Waals surface area contributed by atoms with Crippen LogP contribution in [-0.2, 0) is 19.8 Å². The van der Waals surface area contributed by atoms with Crippen LogP contribution in [0.25, 0.3) is 0 Å². The molecular formula is C23H27NO7. The number of nitrogens with one attached hydrogen (secondary N) is 1. The number of phenols is 2. The van der Waals surface area contributed by atoms with Crippen LogP contribution in [0.1, 0.15) is 50.2 Å². The van der Waals surface area contributed by atoms with Crippen LogP contribution in [0.3, 0.4) is 0 Å². The number of phenolic OH excluding ortho intramolecular Hbond substituents is 2. The summed E-state index contributed by atoms with van der Waals surface area (Å²) in [5, 5.41) is 39.5. The fourth-order valence-corrected chi connectivity index (χ4v) is 3.51. The van der Waals surface area contributed by atoms with Crippen molar-refractivity contribution in [2.24, 2.45) is 0 Å². The summed E-state index contributed by atoms with van der Waals surface area (Å²) in [6.45, 7) is 2.00. The first-order chi connectivity index (χ1) is 14.6. The van der Waals surface area contributed by atoms with Crippen LogP contribution < -0.4 is 5.32 Å². The van der Waals surface area contributed by atoms with Crippen molar-refractivity contribution in [1.82, 2.24) is 5.32 Å². The standard InChI is InChI=1S/C23H27NO7/c1-23(15-4-8-17(25)9-5-15,16-6-10-18(26)11-7-16)14-2-3-20(27)24-19(22(30)31)12-13-21(28)29/h4-11,19,25-26H,2-3,12-14H2,1H3,(H,24,27)(H,28,29)(H,30,31)/t19-/m0/s1. The summed E-state index contributed by atoms with van der Waals surface area (Å²) < 4.78 is 0. The number of hydrogen-bond donors (Lipinski definition) is 5. The smallest absolute Gasteiger partial charge is 0.326 e. The Morgan fingerprint density at radius 1 is 0.871 bits per heavy atom. The van der Waals surface area contributed by atoms with Gasteiger partial charge in [-0.25, -0.2) is 4.79 Å². The maximum atomic E-state index is 12.3. The summed E-state index contributed by atoms with van der Waals surface area (Å²) in [6.07, 6.45) is 0.521. The van der Waals surface area contributed by atoms with Crippen molar-refractivity contribution < 1.29 is 34.8 Å². The molecule has 8 nitrogen and oxygen atoms in total. The molecule has 2 aromatic rings. The van der Waals surface area contributed by atoms with Crippen molar-refractivity contribution in [3.05, 3.63) is 59.7 Å². The Hall–Kier alpha value is -3.55. The highest BCUT2D eigenvalue weighted by Crippen LogP contribution is 2.38. The lowest BCUT2D eigenvalue weighted by molar-refractivity contribution is -0.143. The first-order valence-corrected chi connectivity index (χ1v) is 9.95. The van der Waals surface area contributed by atoms with Gasteiger partial charge >= 0.3 is 11.9 Å². The van der Waals surface area contributed by atoms with Crippen molar-refractivity contribution in [3.8, 4) is 11.5 Å². The highest BCUT2D eigenvalue weighted by Gasteiger charge is 2.29. The van der Waals surface area contributed by atoms with Crippen LogP contribution in [0.15, 0.2) is 48.5 Å². The zero-order valence-corrected chi connectivity index (χ0v) is 17.2. The second kappa shape index (κ2) is 10.5. The molecule has 166 valence electrons. The number of aliphatic carboxylic acids is 2. The number of carbonyl (C=O) groups is 3. The summed E-state index contributed by atoms with van der Waals surface area (Å²) in [4.78, 5) is 34.2. The second-order valence-electron chi connectivity index (χ2n) is 7.67. The van der Waals surface area contributed by atoms with Gasteiger partial charge in [0.1, 0.15) is 17.5 Å². The lowest BCUT2D eigenvalue weighted by atomic mass is 9.72. The van der Waals surface area contributed by atoms with E-state index in [0.717, 1.165) is 11.1 Å². The van der Waals surface area contributed by atoms with E-state index in [4.69, 9.17) is 5.11 Å². The van der Waals surface area contributed by atoms with Gasteiger partial charge in [0.05, 0.1) is 0 Å². The zero-order valence-electron chi connectivity index (χ0n) is 17.2. The topological polar surface area (TPSA) is 144 Å². The fraction of sp³-hybridized carbons (Fsp3) is 0.348. The number of amides is 1. The molecule has 31 heavy (non-hydrogen) atoms. The van der Waals surface area contributed by atoms with Crippen molar-refractivity contribution >= 4 is 17.8 Å². The van der Waals surface area contributed by atoms with E-state index in [2.05, 4.69) is 5.32 Å². The first-order valence-electron chi connectivity index (χ1n) is 9.95. The number of rotatable bonds is 11. The van der Waals surface area contributed by atoms with Crippen molar-refractivity contribution in [2.45, 2.75) is 50.5 Å². The molecule has 0 fully saturated rings. The minimum Gasteiger partial charge on any atom is -0.508 e. The van der Waals surface area contributed by atoms with Crippen molar-refractivity contribution in [2.75, 3.05) is 0 Å². The Balaban J connectivity index is 2.09. The summed E-state index contributed by atoms with van der Waals surface area (Å²) in [5.74, 6) is -2.59. The molecule has 8 heteroatoms. The minimum absolute atomic E-state index is 0.0720. The third-order valence-electron chi connectivity index (χ3n) is 5.37. The molecule has 0 aliphatic rings. The maximum absolute atomic E-state index is 12.3. The van der Waals surface area contributed by atoms with E-state index in [9.17, 15) is 29.7 Å².